The fraction of sp³-hybridized carbons (Fsp3) is 0.118. The number of benzene rings is 2. The van der Waals surface area contributed by atoms with Crippen LogP contribution < -0.4 is 9.47 Å². The molecule has 2 aromatic rings. The Morgan fingerprint density at radius 2 is 1.96 bits per heavy atom. The Kier molecular flexibility index (Phi) is 5.39. The van der Waals surface area contributed by atoms with Gasteiger partial charge in [0.25, 0.3) is 0 Å². The van der Waals surface area contributed by atoms with Crippen LogP contribution in [-0.4, -0.2) is 25.1 Å². The van der Waals surface area contributed by atoms with Crippen molar-refractivity contribution in [2.75, 3.05) is 14.2 Å². The summed E-state index contributed by atoms with van der Waals surface area (Å²) in [5.74, 6) is -0.583. The van der Waals surface area contributed by atoms with E-state index in [9.17, 15) is 14.3 Å². The second-order valence-electron chi connectivity index (χ2n) is 4.59. The van der Waals surface area contributed by atoms with Crippen molar-refractivity contribution in [1.29, 1.82) is 0 Å². The molecule has 0 aliphatic rings. The number of methoxy groups -OCH3 is 2. The predicted octanol–water partition coefficient (Wildman–Crippen LogP) is 4.21. The van der Waals surface area contributed by atoms with Gasteiger partial charge in [-0.3, -0.25) is 4.79 Å². The molecule has 0 amide bonds. The normalized spacial score (nSPS) is 10.8. The van der Waals surface area contributed by atoms with Gasteiger partial charge in [0.2, 0.25) is 0 Å². The monoisotopic (exact) mass is 380 g/mol. The van der Waals surface area contributed by atoms with Crippen molar-refractivity contribution in [2.45, 2.75) is 0 Å². The number of ether oxygens (including phenoxy) is 2. The Bertz CT molecular complexity index is 771. The highest BCUT2D eigenvalue weighted by molar-refractivity contribution is 9.10. The summed E-state index contributed by atoms with van der Waals surface area (Å²) in [4.78, 5) is 12.3. The molecule has 23 heavy (non-hydrogen) atoms. The Balaban J connectivity index is 2.37. The molecule has 0 unspecified atom stereocenters. The first-order chi connectivity index (χ1) is 11.0. The fourth-order valence-electron chi connectivity index (χ4n) is 1.99. The number of halogens is 2. The first kappa shape index (κ1) is 17.0. The van der Waals surface area contributed by atoms with E-state index < -0.39 is 11.6 Å². The molecule has 0 aliphatic heterocycles. The van der Waals surface area contributed by atoms with Crippen LogP contribution in [-0.2, 0) is 0 Å². The van der Waals surface area contributed by atoms with Gasteiger partial charge in [-0.2, -0.15) is 0 Å². The standard InChI is InChI=1S/C17H14BrFO4/c1-22-12-8-15(21)17(16(9-12)23-2)14(20)6-3-10-7-11(19)4-5-13(10)18/h3-9,21H,1-2H3/b6-3+. The predicted molar refractivity (Wildman–Crippen MR) is 88.7 cm³/mol. The van der Waals surface area contributed by atoms with Crippen molar-refractivity contribution in [3.8, 4) is 17.2 Å². The highest BCUT2D eigenvalue weighted by Crippen LogP contribution is 2.34. The number of carbonyl (C=O) groups is 1. The molecule has 0 heterocycles. The largest absolute Gasteiger partial charge is 0.507 e. The lowest BCUT2D eigenvalue weighted by atomic mass is 10.1. The van der Waals surface area contributed by atoms with Gasteiger partial charge in [0, 0.05) is 16.6 Å². The molecule has 0 bridgehead atoms. The Morgan fingerprint density at radius 3 is 2.61 bits per heavy atom. The summed E-state index contributed by atoms with van der Waals surface area (Å²) in [6, 6.07) is 6.96. The SMILES string of the molecule is COc1cc(O)c(C(=O)/C=C/c2cc(F)ccc2Br)c(OC)c1. The van der Waals surface area contributed by atoms with Crippen molar-refractivity contribution in [1.82, 2.24) is 0 Å². The summed E-state index contributed by atoms with van der Waals surface area (Å²) in [6.45, 7) is 0. The van der Waals surface area contributed by atoms with E-state index in [-0.39, 0.29) is 17.1 Å². The summed E-state index contributed by atoms with van der Waals surface area (Å²) in [7, 11) is 2.83. The molecule has 0 atom stereocenters. The van der Waals surface area contributed by atoms with Gasteiger partial charge in [-0.1, -0.05) is 15.9 Å². The van der Waals surface area contributed by atoms with Gasteiger partial charge in [0.15, 0.2) is 5.78 Å². The lowest BCUT2D eigenvalue weighted by molar-refractivity contribution is 0.104. The molecule has 2 rings (SSSR count). The van der Waals surface area contributed by atoms with Gasteiger partial charge in [-0.05, 0) is 35.9 Å². The van der Waals surface area contributed by atoms with E-state index in [4.69, 9.17) is 9.47 Å². The number of hydrogen-bond donors (Lipinski definition) is 1. The highest BCUT2D eigenvalue weighted by Gasteiger charge is 2.17. The minimum atomic E-state index is -0.474. The first-order valence-corrected chi connectivity index (χ1v) is 7.38. The van der Waals surface area contributed by atoms with Crippen LogP contribution in [0, 0.1) is 5.82 Å². The fourth-order valence-corrected chi connectivity index (χ4v) is 2.37. The van der Waals surface area contributed by atoms with Crippen molar-refractivity contribution in [3.63, 3.8) is 0 Å². The quantitative estimate of drug-likeness (QED) is 0.623. The Hall–Kier alpha value is -2.34. The summed E-state index contributed by atoms with van der Waals surface area (Å²) in [5.41, 5.74) is 0.516. The molecule has 120 valence electrons. The van der Waals surface area contributed by atoms with E-state index in [1.54, 1.807) is 6.07 Å². The van der Waals surface area contributed by atoms with Crippen LogP contribution in [0.5, 0.6) is 17.2 Å². The van der Waals surface area contributed by atoms with E-state index in [0.717, 1.165) is 0 Å². The van der Waals surface area contributed by atoms with E-state index in [1.807, 2.05) is 0 Å². The number of ketones is 1. The van der Waals surface area contributed by atoms with Gasteiger partial charge >= 0.3 is 0 Å². The zero-order valence-corrected chi connectivity index (χ0v) is 14.1. The molecule has 0 spiro atoms. The van der Waals surface area contributed by atoms with E-state index in [1.165, 1.54) is 50.6 Å². The van der Waals surface area contributed by atoms with E-state index in [2.05, 4.69) is 15.9 Å². The van der Waals surface area contributed by atoms with Crippen LogP contribution in [0.15, 0.2) is 40.9 Å². The van der Waals surface area contributed by atoms with Crippen LogP contribution in [0.1, 0.15) is 15.9 Å². The summed E-state index contributed by atoms with van der Waals surface area (Å²) < 4.78 is 24.0. The molecule has 2 aromatic carbocycles. The average Bonchev–Trinajstić information content (AvgIpc) is 2.54. The number of carbonyl (C=O) groups excluding carboxylic acids is 1. The van der Waals surface area contributed by atoms with Crippen LogP contribution in [0.4, 0.5) is 4.39 Å². The summed E-state index contributed by atoms with van der Waals surface area (Å²) >= 11 is 3.28. The van der Waals surface area contributed by atoms with Crippen molar-refractivity contribution < 1.29 is 23.8 Å². The zero-order valence-electron chi connectivity index (χ0n) is 12.5. The molecular formula is C17H14BrFO4. The number of aromatic hydroxyl groups is 1. The lowest BCUT2D eigenvalue weighted by Crippen LogP contribution is -2.00. The number of phenolic OH excluding ortho intramolecular Hbond substituents is 1. The van der Waals surface area contributed by atoms with Crippen molar-refractivity contribution >= 4 is 27.8 Å². The summed E-state index contributed by atoms with van der Waals surface area (Å²) in [6.07, 6.45) is 2.70. The van der Waals surface area contributed by atoms with E-state index >= 15 is 0 Å². The molecule has 0 saturated heterocycles. The van der Waals surface area contributed by atoms with Gasteiger partial charge in [0.05, 0.1) is 14.2 Å². The number of rotatable bonds is 5. The maximum Gasteiger partial charge on any atom is 0.193 e. The lowest BCUT2D eigenvalue weighted by Gasteiger charge is -2.10. The highest BCUT2D eigenvalue weighted by atomic mass is 79.9. The maximum absolute atomic E-state index is 13.2. The molecule has 4 nitrogen and oxygen atoms in total. The molecule has 0 radical (unpaired) electrons. The molecule has 0 saturated carbocycles. The van der Waals surface area contributed by atoms with Gasteiger partial charge in [-0.15, -0.1) is 0 Å². The topological polar surface area (TPSA) is 55.8 Å². The average molecular weight is 381 g/mol. The Morgan fingerprint density at radius 1 is 1.22 bits per heavy atom. The third-order valence-electron chi connectivity index (χ3n) is 3.13. The zero-order chi connectivity index (χ0) is 17.0. The van der Waals surface area contributed by atoms with Crippen LogP contribution >= 0.6 is 15.9 Å². The molecule has 1 N–H and O–H groups in total. The van der Waals surface area contributed by atoms with Gasteiger partial charge < -0.3 is 14.6 Å². The van der Waals surface area contributed by atoms with Crippen molar-refractivity contribution in [3.05, 3.63) is 57.8 Å². The minimum Gasteiger partial charge on any atom is -0.507 e. The second-order valence-corrected chi connectivity index (χ2v) is 5.44. The van der Waals surface area contributed by atoms with Crippen LogP contribution in [0.2, 0.25) is 0 Å². The number of allylic oxidation sites excluding steroid dienone is 1. The summed E-state index contributed by atoms with van der Waals surface area (Å²) in [5, 5.41) is 10.0. The van der Waals surface area contributed by atoms with E-state index in [0.29, 0.717) is 15.8 Å². The number of phenols is 1. The molecule has 0 fully saturated rings. The van der Waals surface area contributed by atoms with Crippen molar-refractivity contribution in [2.24, 2.45) is 0 Å². The molecule has 0 aliphatic carbocycles. The van der Waals surface area contributed by atoms with Crippen LogP contribution in [0.25, 0.3) is 6.08 Å². The third kappa shape index (κ3) is 3.90. The maximum atomic E-state index is 13.2. The number of hydrogen-bond acceptors (Lipinski definition) is 4. The van der Waals surface area contributed by atoms with Crippen LogP contribution in [0.3, 0.4) is 0 Å². The minimum absolute atomic E-state index is 0.0112. The molecular weight excluding hydrogens is 367 g/mol. The smallest absolute Gasteiger partial charge is 0.193 e. The third-order valence-corrected chi connectivity index (χ3v) is 3.85. The van der Waals surface area contributed by atoms with Gasteiger partial charge in [0.1, 0.15) is 28.6 Å². The Labute approximate surface area is 141 Å². The van der Waals surface area contributed by atoms with Gasteiger partial charge in [-0.25, -0.2) is 4.39 Å². The second kappa shape index (κ2) is 7.28. The first-order valence-electron chi connectivity index (χ1n) is 6.58. The molecule has 0 aromatic heterocycles. The molecule has 6 heteroatoms.